The highest BCUT2D eigenvalue weighted by atomic mass is 79.9. The van der Waals surface area contributed by atoms with Crippen molar-refractivity contribution in [2.75, 3.05) is 24.2 Å². The number of rotatable bonds is 10. The molecule has 0 unspecified atom stereocenters. The summed E-state index contributed by atoms with van der Waals surface area (Å²) < 4.78 is 27.1. The Morgan fingerprint density at radius 1 is 1.00 bits per heavy atom. The first-order valence-corrected chi connectivity index (χ1v) is 14.1. The average molecular weight is 593 g/mol. The minimum Gasteiger partial charge on any atom is -0.357 e. The molecule has 7 nitrogen and oxygen atoms in total. The lowest BCUT2D eigenvalue weighted by Crippen LogP contribution is -2.52. The lowest BCUT2D eigenvalue weighted by Gasteiger charge is -2.33. The molecule has 2 amide bonds. The van der Waals surface area contributed by atoms with E-state index in [0.717, 1.165) is 16.1 Å². The van der Waals surface area contributed by atoms with Crippen LogP contribution in [0, 0.1) is 0 Å². The van der Waals surface area contributed by atoms with Gasteiger partial charge in [0.2, 0.25) is 21.8 Å². The molecule has 10 heteroatoms. The Morgan fingerprint density at radius 3 is 2.28 bits per heavy atom. The Hall–Kier alpha value is -2.88. The number of sulfonamides is 1. The summed E-state index contributed by atoms with van der Waals surface area (Å²) in [5, 5.41) is 3.08. The van der Waals surface area contributed by atoms with E-state index in [0.29, 0.717) is 20.7 Å². The highest BCUT2D eigenvalue weighted by Crippen LogP contribution is 2.24. The Balaban J connectivity index is 2.04. The van der Waals surface area contributed by atoms with Crippen molar-refractivity contribution in [2.24, 2.45) is 0 Å². The zero-order chi connectivity index (χ0) is 26.3. The number of anilines is 1. The van der Waals surface area contributed by atoms with Gasteiger partial charge in [-0.1, -0.05) is 82.1 Å². The topological polar surface area (TPSA) is 86.8 Å². The van der Waals surface area contributed by atoms with Crippen LogP contribution in [0.15, 0.2) is 83.3 Å². The average Bonchev–Trinajstić information content (AvgIpc) is 2.85. The van der Waals surface area contributed by atoms with Gasteiger partial charge in [-0.05, 0) is 35.4 Å². The number of hydrogen-bond donors (Lipinski definition) is 1. The first-order valence-electron chi connectivity index (χ1n) is 11.1. The first-order chi connectivity index (χ1) is 17.1. The third-order valence-corrected chi connectivity index (χ3v) is 7.59. The molecule has 0 saturated heterocycles. The summed E-state index contributed by atoms with van der Waals surface area (Å²) in [5.74, 6) is -0.905. The third kappa shape index (κ3) is 7.32. The predicted molar refractivity (Wildman–Crippen MR) is 146 cm³/mol. The molecule has 0 aromatic heterocycles. The molecule has 0 spiro atoms. The molecule has 36 heavy (non-hydrogen) atoms. The number of nitrogens with one attached hydrogen (secondary N) is 1. The maximum Gasteiger partial charge on any atom is 0.244 e. The zero-order valence-corrected chi connectivity index (χ0v) is 23.1. The summed E-state index contributed by atoms with van der Waals surface area (Å²) in [4.78, 5) is 28.3. The maximum absolute atomic E-state index is 13.8. The lowest BCUT2D eigenvalue weighted by atomic mass is 10.0. The van der Waals surface area contributed by atoms with Crippen LogP contribution in [0.1, 0.15) is 11.1 Å². The van der Waals surface area contributed by atoms with Gasteiger partial charge in [0, 0.05) is 29.5 Å². The normalized spacial score (nSPS) is 12.0. The summed E-state index contributed by atoms with van der Waals surface area (Å²) in [7, 11) is -2.31. The monoisotopic (exact) mass is 591 g/mol. The van der Waals surface area contributed by atoms with E-state index in [-0.39, 0.29) is 18.9 Å². The summed E-state index contributed by atoms with van der Waals surface area (Å²) in [6.07, 6.45) is 1.28. The molecule has 0 bridgehead atoms. The van der Waals surface area contributed by atoms with Crippen LogP contribution in [0.2, 0.25) is 5.02 Å². The number of nitrogens with zero attached hydrogens (tertiary/aromatic N) is 2. The van der Waals surface area contributed by atoms with E-state index < -0.39 is 28.5 Å². The van der Waals surface area contributed by atoms with Crippen LogP contribution >= 0.6 is 27.5 Å². The minimum absolute atomic E-state index is 0.0273. The predicted octanol–water partition coefficient (Wildman–Crippen LogP) is 4.25. The second-order valence-corrected chi connectivity index (χ2v) is 11.4. The van der Waals surface area contributed by atoms with Crippen LogP contribution in [0.3, 0.4) is 0 Å². The van der Waals surface area contributed by atoms with E-state index in [9.17, 15) is 18.0 Å². The van der Waals surface area contributed by atoms with Crippen molar-refractivity contribution < 1.29 is 18.0 Å². The Kier molecular flexibility index (Phi) is 9.53. The Bertz CT molecular complexity index is 1320. The van der Waals surface area contributed by atoms with Gasteiger partial charge in [-0.3, -0.25) is 13.9 Å². The molecule has 0 fully saturated rings. The van der Waals surface area contributed by atoms with Crippen LogP contribution in [-0.2, 0) is 32.6 Å². The number of likely N-dealkylation sites (N-methyl/N-ethyl adjacent to an activating group) is 1. The quantitative estimate of drug-likeness (QED) is 0.381. The molecule has 0 aliphatic heterocycles. The summed E-state index contributed by atoms with van der Waals surface area (Å²) in [5.41, 5.74) is 1.83. The van der Waals surface area contributed by atoms with Crippen molar-refractivity contribution in [3.05, 3.63) is 99.5 Å². The summed E-state index contributed by atoms with van der Waals surface area (Å²) in [6, 6.07) is 22.1. The molecule has 0 radical (unpaired) electrons. The fourth-order valence-electron chi connectivity index (χ4n) is 3.78. The lowest BCUT2D eigenvalue weighted by molar-refractivity contribution is -0.139. The van der Waals surface area contributed by atoms with E-state index in [1.54, 1.807) is 48.5 Å². The number of halogens is 2. The number of amides is 2. The summed E-state index contributed by atoms with van der Waals surface area (Å²) in [6.45, 7) is -0.457. The third-order valence-electron chi connectivity index (χ3n) is 5.59. The van der Waals surface area contributed by atoms with Gasteiger partial charge >= 0.3 is 0 Å². The molecule has 190 valence electrons. The molecule has 0 aliphatic carbocycles. The van der Waals surface area contributed by atoms with E-state index in [4.69, 9.17) is 11.6 Å². The van der Waals surface area contributed by atoms with Gasteiger partial charge in [0.25, 0.3) is 0 Å². The Morgan fingerprint density at radius 2 is 1.67 bits per heavy atom. The van der Waals surface area contributed by atoms with Crippen LogP contribution in [0.5, 0.6) is 0 Å². The van der Waals surface area contributed by atoms with E-state index in [1.807, 2.05) is 30.3 Å². The number of benzene rings is 3. The fraction of sp³-hybridized carbons (Fsp3) is 0.231. The minimum atomic E-state index is -3.82. The molecule has 0 saturated carbocycles. The van der Waals surface area contributed by atoms with Gasteiger partial charge in [0.1, 0.15) is 12.6 Å². The first kappa shape index (κ1) is 27.7. The molecule has 3 aromatic rings. The second-order valence-electron chi connectivity index (χ2n) is 8.18. The number of carbonyl (C=O) groups excluding carboxylic acids is 2. The van der Waals surface area contributed by atoms with Crippen molar-refractivity contribution in [1.82, 2.24) is 10.2 Å². The van der Waals surface area contributed by atoms with Gasteiger partial charge in [0.05, 0.1) is 11.9 Å². The highest BCUT2D eigenvalue weighted by Gasteiger charge is 2.32. The number of hydrogen-bond acceptors (Lipinski definition) is 4. The van der Waals surface area contributed by atoms with E-state index >= 15 is 0 Å². The summed E-state index contributed by atoms with van der Waals surface area (Å²) >= 11 is 9.74. The van der Waals surface area contributed by atoms with Gasteiger partial charge in [-0.15, -0.1) is 0 Å². The molecule has 0 heterocycles. The zero-order valence-electron chi connectivity index (χ0n) is 19.9. The van der Waals surface area contributed by atoms with E-state index in [2.05, 4.69) is 21.2 Å². The molecule has 1 N–H and O–H groups in total. The van der Waals surface area contributed by atoms with Crippen molar-refractivity contribution in [1.29, 1.82) is 0 Å². The molecule has 1 atom stereocenters. The molecule has 0 aliphatic rings. The van der Waals surface area contributed by atoms with Crippen molar-refractivity contribution in [2.45, 2.75) is 19.0 Å². The standard InChI is InChI=1S/C26H27BrClN3O4S/c1-29-26(33)24(15-19-9-4-3-5-10-19)30(17-20-11-6-7-14-23(20)28)25(32)18-31(36(2,34)35)22-13-8-12-21(27)16-22/h3-14,16,24H,15,17-18H2,1-2H3,(H,29,33)/t24-/m0/s1. The van der Waals surface area contributed by atoms with Crippen molar-refractivity contribution in [3.8, 4) is 0 Å². The maximum atomic E-state index is 13.8. The van der Waals surface area contributed by atoms with Crippen LogP contribution in [-0.4, -0.2) is 51.0 Å². The molecule has 3 aromatic carbocycles. The van der Waals surface area contributed by atoms with Crippen molar-refractivity contribution in [3.63, 3.8) is 0 Å². The molecular formula is C26H27BrClN3O4S. The van der Waals surface area contributed by atoms with Gasteiger partial charge < -0.3 is 10.2 Å². The van der Waals surface area contributed by atoms with Gasteiger partial charge in [0.15, 0.2) is 0 Å². The van der Waals surface area contributed by atoms with Crippen molar-refractivity contribution >= 4 is 55.1 Å². The SMILES string of the molecule is CNC(=O)[C@H](Cc1ccccc1)N(Cc1ccccc1Cl)C(=O)CN(c1cccc(Br)c1)S(C)(=O)=O. The van der Waals surface area contributed by atoms with Gasteiger partial charge in [-0.2, -0.15) is 0 Å². The number of carbonyl (C=O) groups is 2. The largest absolute Gasteiger partial charge is 0.357 e. The molecule has 3 rings (SSSR count). The second kappa shape index (κ2) is 12.4. The fourth-order valence-corrected chi connectivity index (χ4v) is 5.20. The molecular weight excluding hydrogens is 566 g/mol. The van der Waals surface area contributed by atoms with Crippen LogP contribution in [0.25, 0.3) is 0 Å². The smallest absolute Gasteiger partial charge is 0.244 e. The highest BCUT2D eigenvalue weighted by molar-refractivity contribution is 9.10. The van der Waals surface area contributed by atoms with E-state index in [1.165, 1.54) is 11.9 Å². The van der Waals surface area contributed by atoms with Crippen LogP contribution in [0.4, 0.5) is 5.69 Å². The Labute approximate surface area is 225 Å². The van der Waals surface area contributed by atoms with Gasteiger partial charge in [-0.25, -0.2) is 8.42 Å². The van der Waals surface area contributed by atoms with Crippen LogP contribution < -0.4 is 9.62 Å².